The molecular weight excluding hydrogens is 136 g/mol. The lowest BCUT2D eigenvalue weighted by Gasteiger charge is -2.11. The van der Waals surface area contributed by atoms with Crippen LogP contribution < -0.4 is 4.90 Å². The van der Waals surface area contributed by atoms with Gasteiger partial charge in [-0.2, -0.15) is 0 Å². The van der Waals surface area contributed by atoms with Gasteiger partial charge in [-0.25, -0.2) is 4.85 Å². The van der Waals surface area contributed by atoms with Crippen LogP contribution in [0.3, 0.4) is 0 Å². The Bertz CT molecular complexity index is 284. The average Bonchev–Trinajstić information content (AvgIpc) is 2.05. The van der Waals surface area contributed by atoms with Crippen molar-refractivity contribution in [2.45, 2.75) is 0 Å². The van der Waals surface area contributed by atoms with Gasteiger partial charge in [-0.1, -0.05) is 12.1 Å². The molecule has 1 rings (SSSR count). The molecule has 0 atom stereocenters. The largest absolute Gasteiger partial charge is 0.379 e. The SMILES string of the molecule is [C-]#[N+]c1cccc(N(C)C)c1. The minimum Gasteiger partial charge on any atom is -0.379 e. The molecule has 2 nitrogen and oxygen atoms in total. The molecule has 0 radical (unpaired) electrons. The maximum absolute atomic E-state index is 6.79. The first-order chi connectivity index (χ1) is 5.24. The summed E-state index contributed by atoms with van der Waals surface area (Å²) >= 11 is 0. The van der Waals surface area contributed by atoms with Crippen LogP contribution in [0.15, 0.2) is 24.3 Å². The van der Waals surface area contributed by atoms with Crippen molar-refractivity contribution in [3.05, 3.63) is 35.7 Å². The van der Waals surface area contributed by atoms with Gasteiger partial charge < -0.3 is 4.90 Å². The van der Waals surface area contributed by atoms with Crippen LogP contribution in [0.4, 0.5) is 11.4 Å². The van der Waals surface area contributed by atoms with E-state index in [1.54, 1.807) is 6.07 Å². The molecule has 0 saturated carbocycles. The number of hydrogen-bond donors (Lipinski definition) is 0. The van der Waals surface area contributed by atoms with Crippen LogP contribution in [0.5, 0.6) is 0 Å². The highest BCUT2D eigenvalue weighted by Crippen LogP contribution is 2.19. The first-order valence-electron chi connectivity index (χ1n) is 3.39. The molecule has 0 N–H and O–H groups in total. The summed E-state index contributed by atoms with van der Waals surface area (Å²) in [7, 11) is 3.92. The summed E-state index contributed by atoms with van der Waals surface area (Å²) in [5.74, 6) is 0. The summed E-state index contributed by atoms with van der Waals surface area (Å²) in [5, 5.41) is 0. The molecule has 0 aromatic heterocycles. The number of benzene rings is 1. The summed E-state index contributed by atoms with van der Waals surface area (Å²) in [6.07, 6.45) is 0. The van der Waals surface area contributed by atoms with Crippen molar-refractivity contribution in [3.8, 4) is 0 Å². The molecule has 56 valence electrons. The molecule has 11 heavy (non-hydrogen) atoms. The minimum atomic E-state index is 0.691. The van der Waals surface area contributed by atoms with Crippen LogP contribution >= 0.6 is 0 Å². The molecule has 0 unspecified atom stereocenters. The lowest BCUT2D eigenvalue weighted by Crippen LogP contribution is -2.07. The van der Waals surface area contributed by atoms with E-state index in [1.807, 2.05) is 37.2 Å². The third-order valence-corrected chi connectivity index (χ3v) is 1.48. The van der Waals surface area contributed by atoms with Gasteiger partial charge in [-0.05, 0) is 12.1 Å². The van der Waals surface area contributed by atoms with E-state index in [0.717, 1.165) is 5.69 Å². The second-order valence-electron chi connectivity index (χ2n) is 2.53. The smallest absolute Gasteiger partial charge is 0.189 e. The molecule has 0 heterocycles. The maximum atomic E-state index is 6.79. The van der Waals surface area contributed by atoms with E-state index in [4.69, 9.17) is 6.57 Å². The minimum absolute atomic E-state index is 0.691. The molecule has 0 saturated heterocycles. The van der Waals surface area contributed by atoms with Crippen molar-refractivity contribution in [1.29, 1.82) is 0 Å². The van der Waals surface area contributed by atoms with Gasteiger partial charge in [-0.15, -0.1) is 0 Å². The van der Waals surface area contributed by atoms with Gasteiger partial charge >= 0.3 is 0 Å². The number of rotatable bonds is 1. The van der Waals surface area contributed by atoms with Gasteiger partial charge in [0.15, 0.2) is 5.69 Å². The lowest BCUT2D eigenvalue weighted by molar-refractivity contribution is 1.13. The van der Waals surface area contributed by atoms with Gasteiger partial charge in [0.1, 0.15) is 0 Å². The Labute approximate surface area is 66.9 Å². The summed E-state index contributed by atoms with van der Waals surface area (Å²) in [6.45, 7) is 6.79. The Morgan fingerprint density at radius 3 is 2.64 bits per heavy atom. The van der Waals surface area contributed by atoms with E-state index in [-0.39, 0.29) is 0 Å². The van der Waals surface area contributed by atoms with E-state index in [9.17, 15) is 0 Å². The zero-order valence-corrected chi connectivity index (χ0v) is 6.70. The third kappa shape index (κ3) is 1.71. The van der Waals surface area contributed by atoms with Crippen LogP contribution in [-0.4, -0.2) is 14.1 Å². The van der Waals surface area contributed by atoms with Crippen LogP contribution in [-0.2, 0) is 0 Å². The summed E-state index contributed by atoms with van der Waals surface area (Å²) in [4.78, 5) is 5.32. The highest BCUT2D eigenvalue weighted by Gasteiger charge is 1.94. The van der Waals surface area contributed by atoms with Gasteiger partial charge in [-0.3, -0.25) is 0 Å². The number of nitrogens with zero attached hydrogens (tertiary/aromatic N) is 2. The molecule has 0 bridgehead atoms. The molecule has 2 heteroatoms. The van der Waals surface area contributed by atoms with E-state index in [2.05, 4.69) is 4.85 Å². The zero-order valence-electron chi connectivity index (χ0n) is 6.70. The summed E-state index contributed by atoms with van der Waals surface area (Å²) < 4.78 is 0. The monoisotopic (exact) mass is 146 g/mol. The Morgan fingerprint density at radius 1 is 1.36 bits per heavy atom. The lowest BCUT2D eigenvalue weighted by atomic mass is 10.3. The third-order valence-electron chi connectivity index (χ3n) is 1.48. The second-order valence-corrected chi connectivity index (χ2v) is 2.53. The standard InChI is InChI=1S/C9H10N2/c1-10-8-5-4-6-9(7-8)11(2)3/h4-7H,2-3H3. The van der Waals surface area contributed by atoms with Crippen molar-refractivity contribution in [3.63, 3.8) is 0 Å². The van der Waals surface area contributed by atoms with Crippen LogP contribution in [0.2, 0.25) is 0 Å². The van der Waals surface area contributed by atoms with Gasteiger partial charge in [0.25, 0.3) is 0 Å². The van der Waals surface area contributed by atoms with Gasteiger partial charge in [0.2, 0.25) is 0 Å². The highest BCUT2D eigenvalue weighted by atomic mass is 15.1. The molecule has 0 aliphatic carbocycles. The Hall–Kier alpha value is -1.49. The van der Waals surface area contributed by atoms with E-state index in [0.29, 0.717) is 5.69 Å². The predicted molar refractivity (Wildman–Crippen MR) is 47.0 cm³/mol. The summed E-state index contributed by atoms with van der Waals surface area (Å²) in [5.41, 5.74) is 1.76. The molecule has 1 aromatic carbocycles. The van der Waals surface area contributed by atoms with E-state index < -0.39 is 0 Å². The zero-order chi connectivity index (χ0) is 8.27. The average molecular weight is 146 g/mol. The van der Waals surface area contributed by atoms with Crippen molar-refractivity contribution in [1.82, 2.24) is 0 Å². The molecular formula is C9H10N2. The topological polar surface area (TPSA) is 7.60 Å². The Morgan fingerprint density at radius 2 is 2.09 bits per heavy atom. The second kappa shape index (κ2) is 3.07. The first-order valence-corrected chi connectivity index (χ1v) is 3.39. The van der Waals surface area contributed by atoms with Crippen molar-refractivity contribution < 1.29 is 0 Å². The first kappa shape index (κ1) is 7.62. The fraction of sp³-hybridized carbons (Fsp3) is 0.222. The molecule has 0 aliphatic heterocycles. The van der Waals surface area contributed by atoms with Crippen LogP contribution in [0, 0.1) is 6.57 Å². The van der Waals surface area contributed by atoms with Crippen molar-refractivity contribution in [2.24, 2.45) is 0 Å². The van der Waals surface area contributed by atoms with Gasteiger partial charge in [0, 0.05) is 19.8 Å². The van der Waals surface area contributed by atoms with Crippen molar-refractivity contribution >= 4 is 11.4 Å². The normalized spacial score (nSPS) is 8.82. The predicted octanol–water partition coefficient (Wildman–Crippen LogP) is 2.30. The Balaban J connectivity index is 3.03. The molecule has 1 aromatic rings. The highest BCUT2D eigenvalue weighted by molar-refractivity contribution is 5.57. The van der Waals surface area contributed by atoms with E-state index >= 15 is 0 Å². The number of anilines is 1. The molecule has 0 aliphatic rings. The van der Waals surface area contributed by atoms with Gasteiger partial charge in [0.05, 0.1) is 6.57 Å². The van der Waals surface area contributed by atoms with E-state index in [1.165, 1.54) is 0 Å². The van der Waals surface area contributed by atoms with Crippen molar-refractivity contribution in [2.75, 3.05) is 19.0 Å². The molecule has 0 amide bonds. The quantitative estimate of drug-likeness (QED) is 0.552. The molecule has 0 spiro atoms. The maximum Gasteiger partial charge on any atom is 0.189 e. The van der Waals surface area contributed by atoms with Crippen LogP contribution in [0.25, 0.3) is 4.85 Å². The number of hydrogen-bond acceptors (Lipinski definition) is 1. The molecule has 0 fully saturated rings. The fourth-order valence-corrected chi connectivity index (χ4v) is 0.841. The fourth-order valence-electron chi connectivity index (χ4n) is 0.841. The Kier molecular flexibility index (Phi) is 2.12. The van der Waals surface area contributed by atoms with Crippen LogP contribution in [0.1, 0.15) is 0 Å². The summed E-state index contributed by atoms with van der Waals surface area (Å²) in [6, 6.07) is 7.55.